The Morgan fingerprint density at radius 1 is 1.26 bits per heavy atom. The number of ether oxygens (including phenoxy) is 1. The van der Waals surface area contributed by atoms with Gasteiger partial charge in [-0.2, -0.15) is 0 Å². The van der Waals surface area contributed by atoms with Crippen molar-refractivity contribution in [2.75, 3.05) is 6.54 Å². The lowest BCUT2D eigenvalue weighted by molar-refractivity contribution is 0.0104. The summed E-state index contributed by atoms with van der Waals surface area (Å²) in [4.78, 5) is 19.8. The van der Waals surface area contributed by atoms with Crippen molar-refractivity contribution in [2.45, 2.75) is 77.1 Å². The Morgan fingerprint density at radius 2 is 2.00 bits per heavy atom. The summed E-state index contributed by atoms with van der Waals surface area (Å²) >= 11 is 7.98. The number of thiazole rings is 1. The van der Waals surface area contributed by atoms with Gasteiger partial charge >= 0.3 is 6.09 Å². The number of amides is 1. The second-order valence-corrected chi connectivity index (χ2v) is 11.2. The van der Waals surface area contributed by atoms with Crippen LogP contribution in [-0.2, 0) is 11.3 Å². The summed E-state index contributed by atoms with van der Waals surface area (Å²) in [7, 11) is 0. The van der Waals surface area contributed by atoms with Gasteiger partial charge in [-0.3, -0.25) is 0 Å². The SMILES string of the molecule is CC(C)(C)OC(=O)N1[C@H](CNCc2nc(-c3ccccc3)sc2Cl)C[C@@H]2CCCC[C@@H]21. The first-order valence-electron chi connectivity index (χ1n) is 11.2. The molecule has 0 unspecified atom stereocenters. The van der Waals surface area contributed by atoms with Crippen LogP contribution in [-0.4, -0.2) is 40.2 Å². The van der Waals surface area contributed by atoms with Crippen LogP contribution in [0.5, 0.6) is 0 Å². The van der Waals surface area contributed by atoms with E-state index in [0.29, 0.717) is 18.5 Å². The molecule has 1 amide bonds. The van der Waals surface area contributed by atoms with Gasteiger partial charge in [-0.1, -0.05) is 54.8 Å². The molecule has 31 heavy (non-hydrogen) atoms. The van der Waals surface area contributed by atoms with Crippen molar-refractivity contribution in [1.29, 1.82) is 0 Å². The number of likely N-dealkylation sites (tertiary alicyclic amines) is 1. The summed E-state index contributed by atoms with van der Waals surface area (Å²) in [6, 6.07) is 10.6. The lowest BCUT2D eigenvalue weighted by Crippen LogP contribution is -2.48. The molecule has 1 aliphatic carbocycles. The molecule has 1 aliphatic heterocycles. The highest BCUT2D eigenvalue weighted by Crippen LogP contribution is 2.40. The van der Waals surface area contributed by atoms with Gasteiger partial charge in [0.15, 0.2) is 0 Å². The molecule has 1 aromatic carbocycles. The van der Waals surface area contributed by atoms with Crippen LogP contribution in [0.2, 0.25) is 4.34 Å². The second kappa shape index (κ2) is 9.47. The monoisotopic (exact) mass is 461 g/mol. The topological polar surface area (TPSA) is 54.5 Å². The van der Waals surface area contributed by atoms with E-state index < -0.39 is 5.60 Å². The highest BCUT2D eigenvalue weighted by Gasteiger charge is 2.45. The lowest BCUT2D eigenvalue weighted by atomic mass is 9.85. The number of hydrogen-bond donors (Lipinski definition) is 1. The van der Waals surface area contributed by atoms with Crippen molar-refractivity contribution in [3.63, 3.8) is 0 Å². The maximum Gasteiger partial charge on any atom is 0.410 e. The number of nitrogens with one attached hydrogen (secondary N) is 1. The largest absolute Gasteiger partial charge is 0.444 e. The molecule has 0 radical (unpaired) electrons. The van der Waals surface area contributed by atoms with Crippen molar-refractivity contribution in [3.05, 3.63) is 40.4 Å². The van der Waals surface area contributed by atoms with Crippen LogP contribution < -0.4 is 5.32 Å². The van der Waals surface area contributed by atoms with Crippen LogP contribution in [0.15, 0.2) is 30.3 Å². The van der Waals surface area contributed by atoms with Gasteiger partial charge in [-0.25, -0.2) is 9.78 Å². The molecule has 1 aromatic heterocycles. The third-order valence-electron chi connectivity index (χ3n) is 6.14. The molecule has 4 rings (SSSR count). The van der Waals surface area contributed by atoms with E-state index in [2.05, 4.69) is 5.32 Å². The van der Waals surface area contributed by atoms with Gasteiger partial charge < -0.3 is 15.0 Å². The molecule has 7 heteroatoms. The fourth-order valence-electron chi connectivity index (χ4n) is 4.85. The van der Waals surface area contributed by atoms with Crippen LogP contribution in [0.25, 0.3) is 10.6 Å². The van der Waals surface area contributed by atoms with Gasteiger partial charge in [-0.15, -0.1) is 11.3 Å². The molecule has 2 aliphatic rings. The number of rotatable bonds is 5. The first-order valence-corrected chi connectivity index (χ1v) is 12.4. The predicted molar refractivity (Wildman–Crippen MR) is 126 cm³/mol. The number of nitrogens with zero attached hydrogens (tertiary/aromatic N) is 2. The number of hydrogen-bond acceptors (Lipinski definition) is 5. The summed E-state index contributed by atoms with van der Waals surface area (Å²) in [6.45, 7) is 7.11. The van der Waals surface area contributed by atoms with Crippen molar-refractivity contribution >= 4 is 29.0 Å². The fourth-order valence-corrected chi connectivity index (χ4v) is 5.99. The van der Waals surface area contributed by atoms with Crippen LogP contribution >= 0.6 is 22.9 Å². The number of fused-ring (bicyclic) bond motifs is 1. The molecule has 2 aromatic rings. The number of carbonyl (C=O) groups is 1. The van der Waals surface area contributed by atoms with Gasteiger partial charge in [0.05, 0.1) is 5.69 Å². The number of carbonyl (C=O) groups excluding carboxylic acids is 1. The summed E-state index contributed by atoms with van der Waals surface area (Å²) < 4.78 is 6.48. The van der Waals surface area contributed by atoms with Crippen LogP contribution in [0.4, 0.5) is 4.79 Å². The minimum atomic E-state index is -0.482. The van der Waals surface area contributed by atoms with Gasteiger partial charge in [0.1, 0.15) is 14.9 Å². The average Bonchev–Trinajstić information content (AvgIpc) is 3.28. The summed E-state index contributed by atoms with van der Waals surface area (Å²) in [5.41, 5.74) is 1.46. The third kappa shape index (κ3) is 5.41. The predicted octanol–water partition coefficient (Wildman–Crippen LogP) is 6.12. The lowest BCUT2D eigenvalue weighted by Gasteiger charge is -2.35. The van der Waals surface area contributed by atoms with Crippen molar-refractivity contribution in [3.8, 4) is 10.6 Å². The van der Waals surface area contributed by atoms with Crippen molar-refractivity contribution in [1.82, 2.24) is 15.2 Å². The van der Waals surface area contributed by atoms with E-state index >= 15 is 0 Å². The Kier molecular flexibility index (Phi) is 6.89. The highest BCUT2D eigenvalue weighted by atomic mass is 35.5. The molecule has 1 saturated heterocycles. The first kappa shape index (κ1) is 22.6. The average molecular weight is 462 g/mol. The molecule has 5 nitrogen and oxygen atoms in total. The fraction of sp³-hybridized carbons (Fsp3) is 0.583. The quantitative estimate of drug-likeness (QED) is 0.582. The zero-order chi connectivity index (χ0) is 22.0. The van der Waals surface area contributed by atoms with Crippen LogP contribution in [0, 0.1) is 5.92 Å². The minimum Gasteiger partial charge on any atom is -0.444 e. The number of halogens is 1. The van der Waals surface area contributed by atoms with E-state index in [0.717, 1.165) is 40.0 Å². The number of aromatic nitrogens is 1. The summed E-state index contributed by atoms with van der Waals surface area (Å²) in [5.74, 6) is 0.584. The minimum absolute atomic E-state index is 0.147. The number of benzene rings is 1. The van der Waals surface area contributed by atoms with E-state index in [-0.39, 0.29) is 12.1 Å². The molecule has 2 fully saturated rings. The van der Waals surface area contributed by atoms with E-state index in [4.69, 9.17) is 21.3 Å². The molecule has 1 N–H and O–H groups in total. The molecular weight excluding hydrogens is 430 g/mol. The molecular formula is C24H32ClN3O2S. The molecule has 2 heterocycles. The Morgan fingerprint density at radius 3 is 2.74 bits per heavy atom. The second-order valence-electron chi connectivity index (χ2n) is 9.63. The summed E-state index contributed by atoms with van der Waals surface area (Å²) in [6.07, 6.45) is 5.61. The van der Waals surface area contributed by atoms with Gasteiger partial charge in [-0.05, 0) is 46.0 Å². The molecule has 0 spiro atoms. The zero-order valence-electron chi connectivity index (χ0n) is 18.6. The van der Waals surface area contributed by atoms with E-state index in [9.17, 15) is 4.79 Å². The maximum atomic E-state index is 13.0. The summed E-state index contributed by atoms with van der Waals surface area (Å²) in [5, 5.41) is 4.45. The van der Waals surface area contributed by atoms with E-state index in [1.807, 2.05) is 56.0 Å². The maximum absolute atomic E-state index is 13.0. The smallest absolute Gasteiger partial charge is 0.410 e. The van der Waals surface area contributed by atoms with Gasteiger partial charge in [0.2, 0.25) is 0 Å². The Balaban J connectivity index is 1.41. The molecule has 0 bridgehead atoms. The molecule has 1 saturated carbocycles. The van der Waals surface area contributed by atoms with Gasteiger partial charge in [0.25, 0.3) is 0 Å². The first-order chi connectivity index (χ1) is 14.8. The van der Waals surface area contributed by atoms with Crippen LogP contribution in [0.1, 0.15) is 58.6 Å². The standard InChI is InChI=1S/C24H32ClN3O2S/c1-24(2,3)30-23(29)28-18(13-17-11-7-8-12-20(17)28)14-26-15-19-21(25)31-22(27-19)16-9-5-4-6-10-16/h4-6,9-10,17-18,20,26H,7-8,11-15H2,1-3H3/t17-,18-,20-/m0/s1. The Hall–Kier alpha value is -1.63. The third-order valence-corrected chi connectivity index (χ3v) is 7.53. The van der Waals surface area contributed by atoms with E-state index in [1.165, 1.54) is 30.6 Å². The van der Waals surface area contributed by atoms with Crippen molar-refractivity contribution < 1.29 is 9.53 Å². The van der Waals surface area contributed by atoms with E-state index in [1.54, 1.807) is 0 Å². The molecule has 168 valence electrons. The zero-order valence-corrected chi connectivity index (χ0v) is 20.1. The normalized spacial score (nSPS) is 23.6. The van der Waals surface area contributed by atoms with Crippen molar-refractivity contribution in [2.24, 2.45) is 5.92 Å². The highest BCUT2D eigenvalue weighted by molar-refractivity contribution is 7.19. The van der Waals surface area contributed by atoms with Crippen LogP contribution in [0.3, 0.4) is 0 Å². The van der Waals surface area contributed by atoms with Gasteiger partial charge in [0, 0.05) is 30.7 Å². The Bertz CT molecular complexity index is 896. The molecule has 3 atom stereocenters. The Labute approximate surface area is 194 Å².